The highest BCUT2D eigenvalue weighted by Crippen LogP contribution is 2.22. The topological polar surface area (TPSA) is 47.4 Å². The summed E-state index contributed by atoms with van der Waals surface area (Å²) in [6, 6.07) is 14.0. The first-order valence-corrected chi connectivity index (χ1v) is 9.60. The molecule has 3 heterocycles. The van der Waals surface area contributed by atoms with Crippen molar-refractivity contribution in [3.8, 4) is 0 Å². The molecule has 1 aliphatic rings. The van der Waals surface area contributed by atoms with E-state index >= 15 is 0 Å². The molecule has 0 saturated heterocycles. The Morgan fingerprint density at radius 2 is 2.11 bits per heavy atom. The summed E-state index contributed by atoms with van der Waals surface area (Å²) in [5, 5.41) is 0.995. The molecule has 2 aromatic heterocycles. The molecule has 4 rings (SSSR count). The van der Waals surface area contributed by atoms with Gasteiger partial charge in [-0.3, -0.25) is 9.78 Å². The molecule has 1 atom stereocenters. The van der Waals surface area contributed by atoms with E-state index in [0.29, 0.717) is 18.0 Å². The maximum absolute atomic E-state index is 13.2. The number of fused-ring (bicyclic) bond motifs is 2. The standard InChI is InChI=1S/C22H25N3O2/c1-2-27-11-9-17-14-24-10-5-7-20(24)16-25(15-17)22(26)19-12-18-6-3-4-8-21(18)23-13-19/h3-8,10,12-13,17H,2,9,11,14-16H2,1H3/t17-/m0/s1. The summed E-state index contributed by atoms with van der Waals surface area (Å²) in [5.41, 5.74) is 2.74. The molecule has 0 aliphatic carbocycles. The lowest BCUT2D eigenvalue weighted by atomic mass is 10.0. The van der Waals surface area contributed by atoms with Crippen molar-refractivity contribution in [2.24, 2.45) is 5.92 Å². The van der Waals surface area contributed by atoms with Crippen LogP contribution in [0.5, 0.6) is 0 Å². The third-order valence-electron chi connectivity index (χ3n) is 5.21. The highest BCUT2D eigenvalue weighted by atomic mass is 16.5. The van der Waals surface area contributed by atoms with Gasteiger partial charge < -0.3 is 14.2 Å². The van der Waals surface area contributed by atoms with E-state index in [1.165, 1.54) is 5.69 Å². The van der Waals surface area contributed by atoms with Crippen LogP contribution in [-0.4, -0.2) is 40.1 Å². The number of hydrogen-bond acceptors (Lipinski definition) is 3. The molecular formula is C22H25N3O2. The molecule has 1 aromatic carbocycles. The van der Waals surface area contributed by atoms with E-state index in [4.69, 9.17) is 4.74 Å². The fraction of sp³-hybridized carbons (Fsp3) is 0.364. The van der Waals surface area contributed by atoms with E-state index in [1.54, 1.807) is 6.20 Å². The van der Waals surface area contributed by atoms with Gasteiger partial charge in [0.2, 0.25) is 0 Å². The third-order valence-corrected chi connectivity index (χ3v) is 5.21. The van der Waals surface area contributed by atoms with Crippen molar-refractivity contribution in [3.63, 3.8) is 0 Å². The minimum atomic E-state index is 0.0457. The van der Waals surface area contributed by atoms with Gasteiger partial charge in [0.05, 0.1) is 17.6 Å². The molecule has 0 saturated carbocycles. The average Bonchev–Trinajstić information content (AvgIpc) is 3.05. The molecule has 1 amide bonds. The smallest absolute Gasteiger partial charge is 0.255 e. The van der Waals surface area contributed by atoms with Crippen molar-refractivity contribution in [2.75, 3.05) is 19.8 Å². The number of benzene rings is 1. The number of amides is 1. The van der Waals surface area contributed by atoms with E-state index in [1.807, 2.05) is 42.2 Å². The number of pyridine rings is 1. The van der Waals surface area contributed by atoms with Gasteiger partial charge in [-0.05, 0) is 43.5 Å². The van der Waals surface area contributed by atoms with Crippen LogP contribution < -0.4 is 0 Å². The predicted molar refractivity (Wildman–Crippen MR) is 106 cm³/mol. The second kappa shape index (κ2) is 7.92. The molecule has 140 valence electrons. The molecule has 1 aliphatic heterocycles. The Hall–Kier alpha value is -2.66. The molecule has 3 aromatic rings. The highest BCUT2D eigenvalue weighted by Gasteiger charge is 2.25. The minimum absolute atomic E-state index is 0.0457. The number of carbonyl (C=O) groups is 1. The summed E-state index contributed by atoms with van der Waals surface area (Å²) in [5.74, 6) is 0.423. The van der Waals surface area contributed by atoms with Gasteiger partial charge in [0.1, 0.15) is 0 Å². The molecule has 0 N–H and O–H groups in total. The first-order valence-electron chi connectivity index (χ1n) is 9.60. The van der Waals surface area contributed by atoms with Crippen molar-refractivity contribution in [3.05, 3.63) is 66.1 Å². The second-order valence-corrected chi connectivity index (χ2v) is 7.11. The van der Waals surface area contributed by atoms with E-state index in [2.05, 4.69) is 27.9 Å². The highest BCUT2D eigenvalue weighted by molar-refractivity contribution is 5.97. The monoisotopic (exact) mass is 363 g/mol. The number of aromatic nitrogens is 2. The van der Waals surface area contributed by atoms with Gasteiger partial charge in [0.25, 0.3) is 5.91 Å². The summed E-state index contributed by atoms with van der Waals surface area (Å²) in [6.45, 7) is 5.77. The van der Waals surface area contributed by atoms with Crippen LogP contribution in [0.1, 0.15) is 29.4 Å². The van der Waals surface area contributed by atoms with Gasteiger partial charge >= 0.3 is 0 Å². The Balaban J connectivity index is 1.58. The van der Waals surface area contributed by atoms with Crippen LogP contribution in [0, 0.1) is 5.92 Å². The van der Waals surface area contributed by atoms with Crippen molar-refractivity contribution in [2.45, 2.75) is 26.4 Å². The van der Waals surface area contributed by atoms with Gasteiger partial charge in [-0.1, -0.05) is 18.2 Å². The summed E-state index contributed by atoms with van der Waals surface area (Å²) in [4.78, 5) is 19.7. The van der Waals surface area contributed by atoms with E-state index < -0.39 is 0 Å². The molecule has 0 spiro atoms. The molecule has 0 unspecified atom stereocenters. The van der Waals surface area contributed by atoms with Crippen LogP contribution in [0.2, 0.25) is 0 Å². The van der Waals surface area contributed by atoms with E-state index in [-0.39, 0.29) is 5.91 Å². The zero-order chi connectivity index (χ0) is 18.6. The SMILES string of the molecule is CCOCC[C@@H]1CN(C(=O)c2cnc3ccccc3c2)Cc2cccn2C1. The average molecular weight is 363 g/mol. The zero-order valence-electron chi connectivity index (χ0n) is 15.7. The Morgan fingerprint density at radius 1 is 1.22 bits per heavy atom. The first-order chi connectivity index (χ1) is 13.2. The molecule has 27 heavy (non-hydrogen) atoms. The molecule has 0 fully saturated rings. The van der Waals surface area contributed by atoms with E-state index in [9.17, 15) is 4.79 Å². The van der Waals surface area contributed by atoms with Crippen LogP contribution in [0.15, 0.2) is 54.9 Å². The number of nitrogens with zero attached hydrogens (tertiary/aromatic N) is 3. The van der Waals surface area contributed by atoms with Crippen molar-refractivity contribution >= 4 is 16.8 Å². The van der Waals surface area contributed by atoms with Crippen molar-refractivity contribution < 1.29 is 9.53 Å². The van der Waals surface area contributed by atoms with Crippen LogP contribution in [0.25, 0.3) is 10.9 Å². The number of rotatable bonds is 5. The van der Waals surface area contributed by atoms with Gasteiger partial charge in [-0.15, -0.1) is 0 Å². The molecule has 0 radical (unpaired) electrons. The summed E-state index contributed by atoms with van der Waals surface area (Å²) < 4.78 is 7.82. The van der Waals surface area contributed by atoms with Gasteiger partial charge in [-0.2, -0.15) is 0 Å². The fourth-order valence-corrected chi connectivity index (χ4v) is 3.78. The van der Waals surface area contributed by atoms with E-state index in [0.717, 1.165) is 43.6 Å². The summed E-state index contributed by atoms with van der Waals surface area (Å²) in [6.07, 6.45) is 4.75. The lowest BCUT2D eigenvalue weighted by molar-refractivity contribution is 0.0694. The second-order valence-electron chi connectivity index (χ2n) is 7.11. The number of para-hydroxylation sites is 1. The predicted octanol–water partition coefficient (Wildman–Crippen LogP) is 3.74. The fourth-order valence-electron chi connectivity index (χ4n) is 3.78. The lowest BCUT2D eigenvalue weighted by Crippen LogP contribution is -2.34. The molecule has 0 bridgehead atoms. The normalized spacial score (nSPS) is 16.9. The third kappa shape index (κ3) is 3.88. The van der Waals surface area contributed by atoms with Crippen LogP contribution in [0.4, 0.5) is 0 Å². The van der Waals surface area contributed by atoms with Crippen molar-refractivity contribution in [1.82, 2.24) is 14.5 Å². The van der Waals surface area contributed by atoms with Gasteiger partial charge in [-0.25, -0.2) is 0 Å². The summed E-state index contributed by atoms with van der Waals surface area (Å²) in [7, 11) is 0. The van der Waals surface area contributed by atoms with Crippen LogP contribution in [0.3, 0.4) is 0 Å². The Labute approximate surface area is 159 Å². The molecule has 5 heteroatoms. The minimum Gasteiger partial charge on any atom is -0.382 e. The van der Waals surface area contributed by atoms with Crippen molar-refractivity contribution in [1.29, 1.82) is 0 Å². The number of ether oxygens (including phenoxy) is 1. The summed E-state index contributed by atoms with van der Waals surface area (Å²) >= 11 is 0. The largest absolute Gasteiger partial charge is 0.382 e. The quantitative estimate of drug-likeness (QED) is 0.649. The van der Waals surface area contributed by atoms with Gasteiger partial charge in [0, 0.05) is 49.8 Å². The molecular weight excluding hydrogens is 338 g/mol. The maximum Gasteiger partial charge on any atom is 0.255 e. The number of carbonyl (C=O) groups excluding carboxylic acids is 1. The lowest BCUT2D eigenvalue weighted by Gasteiger charge is -2.24. The Kier molecular flexibility index (Phi) is 5.21. The Bertz CT molecular complexity index is 934. The molecule has 5 nitrogen and oxygen atoms in total. The Morgan fingerprint density at radius 3 is 3.00 bits per heavy atom. The maximum atomic E-state index is 13.2. The zero-order valence-corrected chi connectivity index (χ0v) is 15.7. The first kappa shape index (κ1) is 17.7. The van der Waals surface area contributed by atoms with Crippen LogP contribution >= 0.6 is 0 Å². The van der Waals surface area contributed by atoms with Crippen LogP contribution in [-0.2, 0) is 17.8 Å². The number of hydrogen-bond donors (Lipinski definition) is 0. The van der Waals surface area contributed by atoms with Gasteiger partial charge in [0.15, 0.2) is 0 Å².